The third kappa shape index (κ3) is 11.9. The quantitative estimate of drug-likeness (QED) is 0.154. The fourth-order valence-corrected chi connectivity index (χ4v) is 3.33. The summed E-state index contributed by atoms with van der Waals surface area (Å²) in [6, 6.07) is 8.84. The van der Waals surface area contributed by atoms with Gasteiger partial charge in [0.05, 0.1) is 0 Å². The van der Waals surface area contributed by atoms with Gasteiger partial charge in [0.25, 0.3) is 0 Å². The van der Waals surface area contributed by atoms with Gasteiger partial charge in [-0.2, -0.15) is 0 Å². The van der Waals surface area contributed by atoms with Crippen molar-refractivity contribution < 1.29 is 14.6 Å². The molecule has 0 aromatic heterocycles. The Hall–Kier alpha value is -0.550. The van der Waals surface area contributed by atoms with E-state index in [4.69, 9.17) is 5.26 Å². The van der Waals surface area contributed by atoms with Gasteiger partial charge < -0.3 is 0 Å². The SMILES string of the molecule is CCCCCCCCCCCCc1ccc(CCSOOO)cc1. The summed E-state index contributed by atoms with van der Waals surface area (Å²) in [6.45, 7) is 2.27. The summed E-state index contributed by atoms with van der Waals surface area (Å²) in [7, 11) is 0. The van der Waals surface area contributed by atoms with Gasteiger partial charge in [-0.15, -0.1) is 4.33 Å². The van der Waals surface area contributed by atoms with E-state index in [0.717, 1.165) is 24.2 Å². The van der Waals surface area contributed by atoms with E-state index in [1.807, 2.05) is 0 Å². The van der Waals surface area contributed by atoms with Crippen LogP contribution in [0.25, 0.3) is 0 Å². The van der Waals surface area contributed by atoms with E-state index in [1.165, 1.54) is 81.8 Å². The van der Waals surface area contributed by atoms with Gasteiger partial charge in [0.1, 0.15) is 0 Å². The zero-order valence-electron chi connectivity index (χ0n) is 15.2. The molecular formula is C20H34O3S. The molecule has 0 radical (unpaired) electrons. The summed E-state index contributed by atoms with van der Waals surface area (Å²) < 4.78 is 4.37. The molecule has 0 heterocycles. The molecule has 3 nitrogen and oxygen atoms in total. The van der Waals surface area contributed by atoms with Crippen LogP contribution in [0.3, 0.4) is 0 Å². The van der Waals surface area contributed by atoms with Crippen LogP contribution in [0.15, 0.2) is 24.3 Å². The first-order valence-electron chi connectivity index (χ1n) is 9.54. The van der Waals surface area contributed by atoms with Crippen LogP contribution < -0.4 is 0 Å². The monoisotopic (exact) mass is 354 g/mol. The summed E-state index contributed by atoms with van der Waals surface area (Å²) in [5, 5.41) is 11.6. The molecule has 0 fully saturated rings. The topological polar surface area (TPSA) is 38.7 Å². The Balaban J connectivity index is 1.97. The van der Waals surface area contributed by atoms with E-state index in [9.17, 15) is 0 Å². The second-order valence-corrected chi connectivity index (χ2v) is 7.24. The Kier molecular flexibility index (Phi) is 14.3. The standard InChI is InChI=1S/C20H34O3S/c1-2-3-4-5-6-7-8-9-10-11-12-19-13-15-20(16-14-19)17-18-24-23-22-21/h13-16,21H,2-12,17-18H2,1H3. The first kappa shape index (κ1) is 21.5. The van der Waals surface area contributed by atoms with Crippen LogP contribution in [0.2, 0.25) is 0 Å². The molecule has 0 aliphatic heterocycles. The molecule has 1 aromatic carbocycles. The van der Waals surface area contributed by atoms with Crippen LogP contribution >= 0.6 is 12.0 Å². The molecule has 0 atom stereocenters. The minimum Gasteiger partial charge on any atom is -0.220 e. The van der Waals surface area contributed by atoms with Gasteiger partial charge >= 0.3 is 0 Å². The maximum absolute atomic E-state index is 8.05. The van der Waals surface area contributed by atoms with Crippen molar-refractivity contribution in [1.82, 2.24) is 0 Å². The number of aryl methyl sites for hydroxylation is 2. The highest BCUT2D eigenvalue weighted by molar-refractivity contribution is 7.94. The molecule has 0 amide bonds. The Labute approximate surface area is 152 Å². The normalized spacial score (nSPS) is 11.1. The molecule has 0 unspecified atom stereocenters. The van der Waals surface area contributed by atoms with Gasteiger partial charge in [-0.25, -0.2) is 5.26 Å². The first-order valence-corrected chi connectivity index (χ1v) is 10.5. The Morgan fingerprint density at radius 1 is 0.750 bits per heavy atom. The van der Waals surface area contributed by atoms with Crippen LogP contribution in [-0.4, -0.2) is 11.0 Å². The van der Waals surface area contributed by atoms with E-state index in [0.29, 0.717) is 0 Å². The van der Waals surface area contributed by atoms with E-state index < -0.39 is 0 Å². The molecule has 4 heteroatoms. The summed E-state index contributed by atoms with van der Waals surface area (Å²) in [6.07, 6.45) is 16.0. The van der Waals surface area contributed by atoms with Crippen molar-refractivity contribution in [2.45, 2.75) is 84.0 Å². The molecule has 0 aliphatic carbocycles. The van der Waals surface area contributed by atoms with Gasteiger partial charge in [0, 0.05) is 17.8 Å². The summed E-state index contributed by atoms with van der Waals surface area (Å²) >= 11 is 1.11. The molecule has 0 saturated heterocycles. The second-order valence-electron chi connectivity index (χ2n) is 6.46. The van der Waals surface area contributed by atoms with E-state index in [2.05, 4.69) is 40.6 Å². The average molecular weight is 355 g/mol. The van der Waals surface area contributed by atoms with Gasteiger partial charge in [-0.05, 0) is 30.4 Å². The predicted octanol–water partition coefficient (Wildman–Crippen LogP) is 6.76. The number of hydrogen-bond donors (Lipinski definition) is 1. The van der Waals surface area contributed by atoms with Crippen molar-refractivity contribution in [2.75, 3.05) is 5.75 Å². The fraction of sp³-hybridized carbons (Fsp3) is 0.700. The highest BCUT2D eigenvalue weighted by Crippen LogP contribution is 2.14. The molecule has 0 spiro atoms. The maximum Gasteiger partial charge on any atom is 0.0349 e. The van der Waals surface area contributed by atoms with Crippen LogP contribution in [0.4, 0.5) is 0 Å². The minimum absolute atomic E-state index is 0.762. The molecule has 0 saturated carbocycles. The van der Waals surface area contributed by atoms with Crippen LogP contribution in [0.1, 0.15) is 82.3 Å². The first-order chi connectivity index (χ1) is 11.9. The Morgan fingerprint density at radius 3 is 1.79 bits per heavy atom. The lowest BCUT2D eigenvalue weighted by atomic mass is 10.0. The summed E-state index contributed by atoms with van der Waals surface area (Å²) in [5.74, 6) is 0.762. The van der Waals surface area contributed by atoms with Crippen molar-refractivity contribution >= 4 is 12.0 Å². The van der Waals surface area contributed by atoms with Gasteiger partial charge in [0.15, 0.2) is 0 Å². The lowest BCUT2D eigenvalue weighted by Crippen LogP contribution is -1.92. The molecule has 24 heavy (non-hydrogen) atoms. The Bertz CT molecular complexity index is 381. The van der Waals surface area contributed by atoms with E-state index >= 15 is 0 Å². The van der Waals surface area contributed by atoms with Crippen molar-refractivity contribution in [3.63, 3.8) is 0 Å². The smallest absolute Gasteiger partial charge is 0.0349 e. The van der Waals surface area contributed by atoms with Crippen molar-refractivity contribution in [3.8, 4) is 0 Å². The van der Waals surface area contributed by atoms with Crippen LogP contribution in [0.5, 0.6) is 0 Å². The number of benzene rings is 1. The molecule has 1 aromatic rings. The van der Waals surface area contributed by atoms with Crippen LogP contribution in [0, 0.1) is 0 Å². The third-order valence-corrected chi connectivity index (χ3v) is 4.92. The molecule has 138 valence electrons. The Morgan fingerprint density at radius 2 is 1.25 bits per heavy atom. The zero-order chi connectivity index (χ0) is 17.3. The largest absolute Gasteiger partial charge is 0.220 e. The van der Waals surface area contributed by atoms with Gasteiger partial charge in [-0.3, -0.25) is 0 Å². The van der Waals surface area contributed by atoms with E-state index in [-0.39, 0.29) is 0 Å². The van der Waals surface area contributed by atoms with Gasteiger partial charge in [-0.1, -0.05) is 94.0 Å². The number of hydrogen-bond acceptors (Lipinski definition) is 4. The highest BCUT2D eigenvalue weighted by atomic mass is 32.2. The minimum atomic E-state index is 0.762. The number of rotatable bonds is 16. The number of unbranched alkanes of at least 4 members (excludes halogenated alkanes) is 9. The fourth-order valence-electron chi connectivity index (χ4n) is 2.90. The zero-order valence-corrected chi connectivity index (χ0v) is 16.0. The molecule has 1 rings (SSSR count). The molecule has 0 bridgehead atoms. The van der Waals surface area contributed by atoms with Crippen molar-refractivity contribution in [3.05, 3.63) is 35.4 Å². The van der Waals surface area contributed by atoms with Crippen LogP contribution in [-0.2, 0) is 22.2 Å². The van der Waals surface area contributed by atoms with E-state index in [1.54, 1.807) is 0 Å². The predicted molar refractivity (Wildman–Crippen MR) is 103 cm³/mol. The second kappa shape index (κ2) is 15.9. The lowest BCUT2D eigenvalue weighted by Gasteiger charge is -2.05. The summed E-state index contributed by atoms with van der Waals surface area (Å²) in [4.78, 5) is 0. The van der Waals surface area contributed by atoms with Crippen molar-refractivity contribution in [1.29, 1.82) is 0 Å². The maximum atomic E-state index is 8.05. The molecular weight excluding hydrogens is 320 g/mol. The van der Waals surface area contributed by atoms with Gasteiger partial charge in [0.2, 0.25) is 0 Å². The molecule has 1 N–H and O–H groups in total. The summed E-state index contributed by atoms with van der Waals surface area (Å²) in [5.41, 5.74) is 2.72. The molecule has 0 aliphatic rings. The van der Waals surface area contributed by atoms with Crippen molar-refractivity contribution in [2.24, 2.45) is 0 Å². The third-order valence-electron chi connectivity index (χ3n) is 4.39. The lowest BCUT2D eigenvalue weighted by molar-refractivity contribution is -0.432. The average Bonchev–Trinajstić information content (AvgIpc) is 2.61. The highest BCUT2D eigenvalue weighted by Gasteiger charge is 1.98.